The minimum absolute atomic E-state index is 0.194. The van der Waals surface area contributed by atoms with Gasteiger partial charge in [-0.05, 0) is 73.5 Å². The maximum absolute atomic E-state index is 14.7. The minimum Gasteiger partial charge on any atom is -0.381 e. The molecule has 1 saturated heterocycles. The number of hydrogen-bond donors (Lipinski definition) is 2. The lowest BCUT2D eigenvalue weighted by molar-refractivity contribution is -0.412. The van der Waals surface area contributed by atoms with E-state index in [4.69, 9.17) is 0 Å². The minimum atomic E-state index is -5.67. The molecular formula is C17H21F5O3. The van der Waals surface area contributed by atoms with E-state index in [9.17, 15) is 32.2 Å². The molecule has 2 N–H and O–H groups in total. The van der Waals surface area contributed by atoms with E-state index in [1.165, 1.54) is 0 Å². The van der Waals surface area contributed by atoms with Crippen LogP contribution in [0, 0.1) is 41.4 Å². The molecule has 0 aromatic heterocycles. The van der Waals surface area contributed by atoms with Gasteiger partial charge in [-0.15, -0.1) is 0 Å². The van der Waals surface area contributed by atoms with E-state index in [0.717, 1.165) is 19.3 Å². The van der Waals surface area contributed by atoms with Gasteiger partial charge in [0.05, 0.1) is 6.61 Å². The van der Waals surface area contributed by atoms with Gasteiger partial charge in [-0.1, -0.05) is 0 Å². The fourth-order valence-corrected chi connectivity index (χ4v) is 7.40. The molecule has 0 aromatic carbocycles. The highest BCUT2D eigenvalue weighted by molar-refractivity contribution is 5.20. The Morgan fingerprint density at radius 2 is 1.52 bits per heavy atom. The number of alkyl halides is 5. The molecule has 0 aromatic rings. The second-order valence-electron chi connectivity index (χ2n) is 8.92. The molecule has 3 nitrogen and oxygen atoms in total. The van der Waals surface area contributed by atoms with Crippen LogP contribution in [0.15, 0.2) is 0 Å². The molecule has 4 saturated carbocycles. The van der Waals surface area contributed by atoms with E-state index in [2.05, 4.69) is 4.74 Å². The first kappa shape index (κ1) is 16.7. The van der Waals surface area contributed by atoms with Gasteiger partial charge in [-0.25, -0.2) is 0 Å². The zero-order valence-electron chi connectivity index (χ0n) is 13.5. The Kier molecular flexibility index (Phi) is 3.00. The van der Waals surface area contributed by atoms with Gasteiger partial charge in [0.1, 0.15) is 0 Å². The van der Waals surface area contributed by atoms with Crippen LogP contribution in [0.25, 0.3) is 0 Å². The number of hydrogen-bond acceptors (Lipinski definition) is 3. The lowest BCUT2D eigenvalue weighted by atomic mass is 9.62. The van der Waals surface area contributed by atoms with Crippen LogP contribution in [-0.2, 0) is 4.74 Å². The van der Waals surface area contributed by atoms with Crippen molar-refractivity contribution in [3.8, 4) is 0 Å². The Labute approximate surface area is 141 Å². The van der Waals surface area contributed by atoms with Crippen molar-refractivity contribution in [3.05, 3.63) is 0 Å². The number of halogens is 5. The largest absolute Gasteiger partial charge is 0.449 e. The zero-order valence-corrected chi connectivity index (χ0v) is 13.5. The Balaban J connectivity index is 1.49. The van der Waals surface area contributed by atoms with E-state index in [1.54, 1.807) is 0 Å². The van der Waals surface area contributed by atoms with E-state index in [-0.39, 0.29) is 17.8 Å². The normalized spacial score (nSPS) is 58.9. The third-order valence-electron chi connectivity index (χ3n) is 8.20. The lowest BCUT2D eigenvalue weighted by Crippen LogP contribution is -2.66. The molecule has 0 spiro atoms. The summed E-state index contributed by atoms with van der Waals surface area (Å²) in [6.45, 7) is -1.19. The van der Waals surface area contributed by atoms with Crippen molar-refractivity contribution in [2.24, 2.45) is 41.4 Å². The highest BCUT2D eigenvalue weighted by Crippen LogP contribution is 2.72. The molecule has 142 valence electrons. The standard InChI is InChI=1S/C17H21F5O3/c18-15(19)14(23,6-25-16(15,24)17(20,21)22)11-5-9-4-10(11)13-8-2-1-7(3-8)12(9)13/h7-13,23-24H,1-6H2. The van der Waals surface area contributed by atoms with Crippen molar-refractivity contribution in [2.45, 2.75) is 55.6 Å². The second kappa shape index (κ2) is 4.50. The summed E-state index contributed by atoms with van der Waals surface area (Å²) in [6, 6.07) is 0. The van der Waals surface area contributed by atoms with Crippen LogP contribution in [0.3, 0.4) is 0 Å². The van der Waals surface area contributed by atoms with Gasteiger partial charge in [0.25, 0.3) is 0 Å². The number of rotatable bonds is 1. The van der Waals surface area contributed by atoms with Crippen LogP contribution in [0.1, 0.15) is 32.1 Å². The Morgan fingerprint density at radius 3 is 2.12 bits per heavy atom. The van der Waals surface area contributed by atoms with Gasteiger partial charge in [-0.3, -0.25) is 0 Å². The summed E-state index contributed by atoms with van der Waals surface area (Å²) in [5.74, 6) is -8.56. The predicted octanol–water partition coefficient (Wildman–Crippen LogP) is 2.95. The molecule has 25 heavy (non-hydrogen) atoms. The van der Waals surface area contributed by atoms with Gasteiger partial charge in [0.15, 0.2) is 5.60 Å². The molecule has 5 fully saturated rings. The summed E-state index contributed by atoms with van der Waals surface area (Å²) < 4.78 is 72.7. The third-order valence-corrected chi connectivity index (χ3v) is 8.20. The maximum atomic E-state index is 14.7. The molecule has 9 atom stereocenters. The number of ether oxygens (including phenoxy) is 1. The Bertz CT molecular complexity index is 610. The van der Waals surface area contributed by atoms with E-state index in [1.807, 2.05) is 0 Å². The maximum Gasteiger partial charge on any atom is 0.449 e. The van der Waals surface area contributed by atoms with Gasteiger partial charge in [0, 0.05) is 0 Å². The summed E-state index contributed by atoms with van der Waals surface area (Å²) >= 11 is 0. The number of fused-ring (bicyclic) bond motifs is 9. The van der Waals surface area contributed by atoms with Crippen LogP contribution >= 0.6 is 0 Å². The second-order valence-corrected chi connectivity index (χ2v) is 8.92. The molecule has 0 amide bonds. The fourth-order valence-electron chi connectivity index (χ4n) is 7.40. The van der Waals surface area contributed by atoms with Crippen molar-refractivity contribution < 1.29 is 36.9 Å². The number of aliphatic hydroxyl groups is 2. The highest BCUT2D eigenvalue weighted by Gasteiger charge is 2.85. The monoisotopic (exact) mass is 368 g/mol. The molecular weight excluding hydrogens is 347 g/mol. The summed E-state index contributed by atoms with van der Waals surface area (Å²) in [5, 5.41) is 20.3. The van der Waals surface area contributed by atoms with Crippen LogP contribution < -0.4 is 0 Å². The highest BCUT2D eigenvalue weighted by atomic mass is 19.4. The molecule has 9 unspecified atom stereocenters. The van der Waals surface area contributed by atoms with Crippen molar-refractivity contribution in [1.29, 1.82) is 0 Å². The molecule has 1 heterocycles. The van der Waals surface area contributed by atoms with Gasteiger partial charge >= 0.3 is 17.9 Å². The first-order valence-corrected chi connectivity index (χ1v) is 9.04. The molecule has 8 heteroatoms. The van der Waals surface area contributed by atoms with Gasteiger partial charge in [-0.2, -0.15) is 22.0 Å². The molecule has 5 aliphatic rings. The first-order valence-electron chi connectivity index (χ1n) is 9.04. The van der Waals surface area contributed by atoms with Crippen LogP contribution in [0.5, 0.6) is 0 Å². The molecule has 4 aliphatic carbocycles. The van der Waals surface area contributed by atoms with E-state index in [0.29, 0.717) is 30.6 Å². The zero-order chi connectivity index (χ0) is 18.0. The Hall–Kier alpha value is -0.470. The average molecular weight is 368 g/mol. The van der Waals surface area contributed by atoms with E-state index >= 15 is 0 Å². The SMILES string of the molecule is OC1(C2CC3CC2C2C4CCC(C4)C32)COC(O)(C(F)(F)F)C1(F)F. The Morgan fingerprint density at radius 1 is 0.880 bits per heavy atom. The van der Waals surface area contributed by atoms with E-state index < -0.39 is 36.0 Å². The van der Waals surface area contributed by atoms with Crippen molar-refractivity contribution in [2.75, 3.05) is 6.61 Å². The van der Waals surface area contributed by atoms with Crippen LogP contribution in [0.2, 0.25) is 0 Å². The summed E-state index contributed by atoms with van der Waals surface area (Å²) in [5.41, 5.74) is -2.97. The smallest absolute Gasteiger partial charge is 0.381 e. The molecule has 4 bridgehead atoms. The van der Waals surface area contributed by atoms with Crippen LogP contribution in [-0.4, -0.2) is 40.3 Å². The molecule has 5 rings (SSSR count). The predicted molar refractivity (Wildman–Crippen MR) is 74.4 cm³/mol. The summed E-state index contributed by atoms with van der Waals surface area (Å²) in [4.78, 5) is 0. The topological polar surface area (TPSA) is 49.7 Å². The summed E-state index contributed by atoms with van der Waals surface area (Å²) in [6.07, 6.45) is -1.36. The molecule has 1 aliphatic heterocycles. The average Bonchev–Trinajstić information content (AvgIpc) is 3.28. The third kappa shape index (κ3) is 1.68. The first-order chi connectivity index (χ1) is 11.5. The summed E-state index contributed by atoms with van der Waals surface area (Å²) in [7, 11) is 0. The van der Waals surface area contributed by atoms with Crippen molar-refractivity contribution >= 4 is 0 Å². The molecule has 0 radical (unpaired) electrons. The van der Waals surface area contributed by atoms with Crippen molar-refractivity contribution in [3.63, 3.8) is 0 Å². The fraction of sp³-hybridized carbons (Fsp3) is 1.00. The van der Waals surface area contributed by atoms with Crippen LogP contribution in [0.4, 0.5) is 22.0 Å². The quantitative estimate of drug-likeness (QED) is 0.553. The van der Waals surface area contributed by atoms with Gasteiger partial charge < -0.3 is 14.9 Å². The lowest BCUT2D eigenvalue weighted by Gasteiger charge is -2.46. The van der Waals surface area contributed by atoms with Crippen molar-refractivity contribution in [1.82, 2.24) is 0 Å². The van der Waals surface area contributed by atoms with Gasteiger partial charge in [0.2, 0.25) is 0 Å².